The van der Waals surface area contributed by atoms with E-state index in [1.54, 1.807) is 12.1 Å². The summed E-state index contributed by atoms with van der Waals surface area (Å²) in [5, 5.41) is 11.0. The number of fused-ring (bicyclic) bond motifs is 1. The van der Waals surface area contributed by atoms with E-state index in [1.807, 2.05) is 66.7 Å². The maximum Gasteiger partial charge on any atom is 0.157 e. The molecule has 0 aliphatic rings. The fourth-order valence-electron chi connectivity index (χ4n) is 2.76. The molecule has 128 valence electrons. The van der Waals surface area contributed by atoms with Gasteiger partial charge in [-0.15, -0.1) is 0 Å². The maximum absolute atomic E-state index is 9.53. The highest BCUT2D eigenvalue weighted by molar-refractivity contribution is 6.30. The van der Waals surface area contributed by atoms with Crippen molar-refractivity contribution in [1.29, 1.82) is 0 Å². The van der Waals surface area contributed by atoms with E-state index in [-0.39, 0.29) is 0 Å². The quantitative estimate of drug-likeness (QED) is 0.274. The number of hydrogen-bond acceptors (Lipinski definition) is 3. The lowest BCUT2D eigenvalue weighted by molar-refractivity contribution is 0.235. The van der Waals surface area contributed by atoms with Crippen LogP contribution in [0.25, 0.3) is 22.3 Å². The van der Waals surface area contributed by atoms with Gasteiger partial charge in [0.15, 0.2) is 5.84 Å². The molecule has 4 aromatic rings. The van der Waals surface area contributed by atoms with Gasteiger partial charge in [0.05, 0.1) is 5.69 Å². The third kappa shape index (κ3) is 3.33. The van der Waals surface area contributed by atoms with Crippen LogP contribution in [-0.4, -0.2) is 11.0 Å². The van der Waals surface area contributed by atoms with Crippen LogP contribution >= 0.6 is 11.6 Å². The normalized spacial score (nSPS) is 11.7. The Morgan fingerprint density at radius 2 is 1.77 bits per heavy atom. The highest BCUT2D eigenvalue weighted by Gasteiger charge is 2.09. The molecule has 0 aliphatic heterocycles. The third-order valence-electron chi connectivity index (χ3n) is 4.00. The Labute approximate surface area is 155 Å². The molecule has 1 aromatic heterocycles. The van der Waals surface area contributed by atoms with Gasteiger partial charge in [-0.3, -0.25) is 10.7 Å². The molecule has 0 spiro atoms. The van der Waals surface area contributed by atoms with Gasteiger partial charge >= 0.3 is 0 Å². The average Bonchev–Trinajstić information content (AvgIpc) is 3.10. The van der Waals surface area contributed by atoms with Gasteiger partial charge in [-0.1, -0.05) is 48.0 Å². The predicted molar refractivity (Wildman–Crippen MR) is 104 cm³/mol. The van der Waals surface area contributed by atoms with E-state index in [2.05, 4.69) is 10.5 Å². The molecule has 4 nitrogen and oxygen atoms in total. The van der Waals surface area contributed by atoms with E-state index < -0.39 is 0 Å². The van der Waals surface area contributed by atoms with Crippen molar-refractivity contribution in [3.63, 3.8) is 0 Å². The minimum absolute atomic E-state index is 0.330. The van der Waals surface area contributed by atoms with Crippen LogP contribution < -0.4 is 5.48 Å². The van der Waals surface area contributed by atoms with Gasteiger partial charge in [0, 0.05) is 21.5 Å². The Morgan fingerprint density at radius 1 is 0.923 bits per heavy atom. The number of halogens is 1. The van der Waals surface area contributed by atoms with Gasteiger partial charge in [0.2, 0.25) is 0 Å². The molecule has 0 amide bonds. The summed E-state index contributed by atoms with van der Waals surface area (Å²) in [6, 6.07) is 24.6. The molecule has 0 radical (unpaired) electrons. The van der Waals surface area contributed by atoms with Gasteiger partial charge in [-0.2, -0.15) is 0 Å². The zero-order valence-corrected chi connectivity index (χ0v) is 14.4. The molecule has 4 rings (SSSR count). The molecular formula is C21H15ClN2O2. The number of aliphatic imine (C=N–C) groups is 1. The van der Waals surface area contributed by atoms with E-state index >= 15 is 0 Å². The first-order chi connectivity index (χ1) is 12.7. The van der Waals surface area contributed by atoms with Gasteiger partial charge in [0.1, 0.15) is 11.3 Å². The van der Waals surface area contributed by atoms with E-state index in [1.165, 1.54) is 0 Å². The second-order valence-electron chi connectivity index (χ2n) is 5.78. The van der Waals surface area contributed by atoms with Gasteiger partial charge in [-0.05, 0) is 42.5 Å². The summed E-state index contributed by atoms with van der Waals surface area (Å²) in [5.41, 5.74) is 5.33. The predicted octanol–water partition coefficient (Wildman–Crippen LogP) is 5.81. The first-order valence-electron chi connectivity index (χ1n) is 8.07. The molecule has 0 unspecified atom stereocenters. The molecule has 0 aliphatic carbocycles. The Kier molecular flexibility index (Phi) is 4.44. The lowest BCUT2D eigenvalue weighted by Crippen LogP contribution is -2.19. The van der Waals surface area contributed by atoms with E-state index in [9.17, 15) is 5.21 Å². The van der Waals surface area contributed by atoms with E-state index in [0.717, 1.165) is 27.9 Å². The zero-order valence-electron chi connectivity index (χ0n) is 13.7. The fraction of sp³-hybridized carbons (Fsp3) is 0. The minimum atomic E-state index is 0.330. The van der Waals surface area contributed by atoms with E-state index in [0.29, 0.717) is 16.5 Å². The average molecular weight is 363 g/mol. The van der Waals surface area contributed by atoms with Crippen LogP contribution in [-0.2, 0) is 0 Å². The van der Waals surface area contributed by atoms with Crippen LogP contribution in [0, 0.1) is 0 Å². The monoisotopic (exact) mass is 362 g/mol. The van der Waals surface area contributed by atoms with Crippen molar-refractivity contribution in [3.8, 4) is 11.3 Å². The van der Waals surface area contributed by atoms with Crippen molar-refractivity contribution in [2.75, 3.05) is 0 Å². The second-order valence-corrected chi connectivity index (χ2v) is 6.22. The van der Waals surface area contributed by atoms with Crippen molar-refractivity contribution in [3.05, 3.63) is 89.4 Å². The lowest BCUT2D eigenvalue weighted by atomic mass is 10.1. The largest absolute Gasteiger partial charge is 0.456 e. The number of hydroxylamine groups is 1. The van der Waals surface area contributed by atoms with Crippen molar-refractivity contribution in [2.24, 2.45) is 4.99 Å². The van der Waals surface area contributed by atoms with Crippen LogP contribution in [0.5, 0.6) is 0 Å². The number of hydrogen-bond donors (Lipinski definition) is 2. The second kappa shape index (κ2) is 7.04. The SMILES string of the molecule is ONC(=Nc1cccc(Cl)c1)c1ccc2oc(-c3ccccc3)cc2c1. The Bertz CT molecular complexity index is 1090. The highest BCUT2D eigenvalue weighted by Crippen LogP contribution is 2.28. The molecule has 0 atom stereocenters. The number of rotatable bonds is 3. The third-order valence-corrected chi connectivity index (χ3v) is 4.24. The summed E-state index contributed by atoms with van der Waals surface area (Å²) in [6.07, 6.45) is 0. The number of nitrogens with zero attached hydrogens (tertiary/aromatic N) is 1. The molecule has 0 saturated heterocycles. The van der Waals surface area contributed by atoms with Crippen molar-refractivity contribution in [1.82, 2.24) is 5.48 Å². The van der Waals surface area contributed by atoms with Crippen LogP contribution in [0.4, 0.5) is 5.69 Å². The first kappa shape index (κ1) is 16.4. The molecule has 0 fully saturated rings. The van der Waals surface area contributed by atoms with Crippen LogP contribution in [0.1, 0.15) is 5.56 Å². The Morgan fingerprint density at radius 3 is 2.54 bits per heavy atom. The molecule has 3 aromatic carbocycles. The lowest BCUT2D eigenvalue weighted by Gasteiger charge is -2.05. The summed E-state index contributed by atoms with van der Waals surface area (Å²) in [5.74, 6) is 1.12. The maximum atomic E-state index is 9.53. The zero-order chi connectivity index (χ0) is 17.9. The van der Waals surface area contributed by atoms with Gasteiger partial charge < -0.3 is 4.42 Å². The number of benzene rings is 3. The van der Waals surface area contributed by atoms with Crippen molar-refractivity contribution in [2.45, 2.75) is 0 Å². The summed E-state index contributed by atoms with van der Waals surface area (Å²) in [6.45, 7) is 0. The highest BCUT2D eigenvalue weighted by atomic mass is 35.5. The Balaban J connectivity index is 1.74. The molecule has 5 heteroatoms. The first-order valence-corrected chi connectivity index (χ1v) is 8.44. The molecule has 2 N–H and O–H groups in total. The van der Waals surface area contributed by atoms with E-state index in [4.69, 9.17) is 16.0 Å². The van der Waals surface area contributed by atoms with Crippen molar-refractivity contribution >= 4 is 34.1 Å². The van der Waals surface area contributed by atoms with Crippen LogP contribution in [0.15, 0.2) is 88.3 Å². The molecule has 1 heterocycles. The summed E-state index contributed by atoms with van der Waals surface area (Å²) in [4.78, 5) is 4.42. The molecular weight excluding hydrogens is 348 g/mol. The standard InChI is InChI=1S/C21H15ClN2O2/c22-17-7-4-8-18(13-17)23-21(24-25)15-9-10-19-16(11-15)12-20(26-19)14-5-2-1-3-6-14/h1-13,25H,(H,23,24). The summed E-state index contributed by atoms with van der Waals surface area (Å²) in [7, 11) is 0. The fourth-order valence-corrected chi connectivity index (χ4v) is 2.95. The summed E-state index contributed by atoms with van der Waals surface area (Å²) < 4.78 is 5.92. The minimum Gasteiger partial charge on any atom is -0.456 e. The Hall–Kier alpha value is -3.08. The van der Waals surface area contributed by atoms with Crippen molar-refractivity contribution < 1.29 is 9.62 Å². The number of nitrogens with one attached hydrogen (secondary N) is 1. The molecule has 0 saturated carbocycles. The van der Waals surface area contributed by atoms with Crippen LogP contribution in [0.2, 0.25) is 5.02 Å². The number of amidine groups is 1. The van der Waals surface area contributed by atoms with Gasteiger partial charge in [0.25, 0.3) is 0 Å². The smallest absolute Gasteiger partial charge is 0.157 e. The molecule has 0 bridgehead atoms. The topological polar surface area (TPSA) is 57.8 Å². The number of furan rings is 1. The summed E-state index contributed by atoms with van der Waals surface area (Å²) >= 11 is 5.99. The molecule has 26 heavy (non-hydrogen) atoms. The van der Waals surface area contributed by atoms with Gasteiger partial charge in [-0.25, -0.2) is 4.99 Å². The van der Waals surface area contributed by atoms with Crippen LogP contribution in [0.3, 0.4) is 0 Å².